The molecule has 0 saturated heterocycles. The number of halogens is 3. The predicted octanol–water partition coefficient (Wildman–Crippen LogP) is 4.85. The minimum absolute atomic E-state index is 0.173. The fraction of sp³-hybridized carbons (Fsp3) is 0.235. The van der Waals surface area contributed by atoms with Crippen molar-refractivity contribution < 1.29 is 18.0 Å². The van der Waals surface area contributed by atoms with Crippen molar-refractivity contribution in [2.75, 3.05) is 0 Å². The van der Waals surface area contributed by atoms with Gasteiger partial charge >= 0.3 is 0 Å². The number of carbonyl (C=O) groups excluding carboxylic acids is 1. The van der Waals surface area contributed by atoms with Gasteiger partial charge in [0.1, 0.15) is 17.5 Å². The normalized spacial score (nSPS) is 12.2. The molecule has 0 spiro atoms. The van der Waals surface area contributed by atoms with E-state index in [1.807, 2.05) is 6.92 Å². The first kappa shape index (κ1) is 15.3. The van der Waals surface area contributed by atoms with Crippen LogP contribution in [-0.4, -0.2) is 5.78 Å². The summed E-state index contributed by atoms with van der Waals surface area (Å²) in [5, 5.41) is 0. The van der Waals surface area contributed by atoms with E-state index in [-0.39, 0.29) is 5.56 Å². The van der Waals surface area contributed by atoms with E-state index in [1.54, 1.807) is 12.1 Å². The third-order valence-corrected chi connectivity index (χ3v) is 3.59. The zero-order chi connectivity index (χ0) is 15.6. The minimum Gasteiger partial charge on any atom is -0.288 e. The first-order valence-electron chi connectivity index (χ1n) is 6.73. The highest BCUT2D eigenvalue weighted by Gasteiger charge is 2.20. The Morgan fingerprint density at radius 3 is 2.05 bits per heavy atom. The number of rotatable bonds is 4. The standard InChI is InChI=1S/C17H15F3O/c1-3-10(2)11-4-6-12(7-5-11)17(21)16-14(19)8-13(18)9-15(16)20/h4-10H,3H2,1-2H3. The van der Waals surface area contributed by atoms with Gasteiger partial charge in [0.25, 0.3) is 0 Å². The van der Waals surface area contributed by atoms with Crippen LogP contribution in [0.5, 0.6) is 0 Å². The fourth-order valence-electron chi connectivity index (χ4n) is 2.10. The molecule has 0 aromatic heterocycles. The molecule has 0 radical (unpaired) electrons. The van der Waals surface area contributed by atoms with Crippen molar-refractivity contribution in [1.29, 1.82) is 0 Å². The lowest BCUT2D eigenvalue weighted by atomic mass is 9.95. The molecule has 0 saturated carbocycles. The zero-order valence-corrected chi connectivity index (χ0v) is 11.8. The van der Waals surface area contributed by atoms with Gasteiger partial charge in [-0.15, -0.1) is 0 Å². The van der Waals surface area contributed by atoms with Crippen LogP contribution in [-0.2, 0) is 0 Å². The second-order valence-electron chi connectivity index (χ2n) is 5.00. The summed E-state index contributed by atoms with van der Waals surface area (Å²) >= 11 is 0. The van der Waals surface area contributed by atoms with Crippen LogP contribution in [0, 0.1) is 17.5 Å². The molecule has 2 aromatic carbocycles. The fourth-order valence-corrected chi connectivity index (χ4v) is 2.10. The highest BCUT2D eigenvalue weighted by Crippen LogP contribution is 2.22. The second kappa shape index (κ2) is 6.12. The maximum Gasteiger partial charge on any atom is 0.198 e. The maximum atomic E-state index is 13.6. The third-order valence-electron chi connectivity index (χ3n) is 3.59. The molecule has 0 fully saturated rings. The Hall–Kier alpha value is -2.10. The summed E-state index contributed by atoms with van der Waals surface area (Å²) in [4.78, 5) is 12.1. The number of ketones is 1. The summed E-state index contributed by atoms with van der Waals surface area (Å²) in [6.07, 6.45) is 0.953. The minimum atomic E-state index is -1.19. The smallest absolute Gasteiger partial charge is 0.198 e. The van der Waals surface area contributed by atoms with Gasteiger partial charge in [-0.2, -0.15) is 0 Å². The van der Waals surface area contributed by atoms with Gasteiger partial charge < -0.3 is 0 Å². The summed E-state index contributed by atoms with van der Waals surface area (Å²) in [5.41, 5.74) is 0.494. The van der Waals surface area contributed by atoms with Crippen molar-refractivity contribution in [3.8, 4) is 0 Å². The molecule has 4 heteroatoms. The molecule has 0 N–H and O–H groups in total. The zero-order valence-electron chi connectivity index (χ0n) is 11.8. The molecule has 110 valence electrons. The molecule has 0 aliphatic carbocycles. The molecule has 0 aliphatic rings. The van der Waals surface area contributed by atoms with Crippen LogP contribution >= 0.6 is 0 Å². The Kier molecular flexibility index (Phi) is 4.46. The van der Waals surface area contributed by atoms with E-state index in [0.29, 0.717) is 18.1 Å². The van der Waals surface area contributed by atoms with Gasteiger partial charge in [-0.1, -0.05) is 38.1 Å². The SMILES string of the molecule is CCC(C)c1ccc(C(=O)c2c(F)cc(F)cc2F)cc1. The van der Waals surface area contributed by atoms with Gasteiger partial charge in [-0.05, 0) is 17.9 Å². The monoisotopic (exact) mass is 292 g/mol. The summed E-state index contributed by atoms with van der Waals surface area (Å²) in [5.74, 6) is -3.88. The van der Waals surface area contributed by atoms with Gasteiger partial charge in [-0.25, -0.2) is 13.2 Å². The lowest BCUT2D eigenvalue weighted by Crippen LogP contribution is -2.08. The van der Waals surface area contributed by atoms with E-state index in [9.17, 15) is 18.0 Å². The van der Waals surface area contributed by atoms with Gasteiger partial charge in [0, 0.05) is 17.7 Å². The number of hydrogen-bond acceptors (Lipinski definition) is 1. The lowest BCUT2D eigenvalue weighted by Gasteiger charge is -2.10. The van der Waals surface area contributed by atoms with Crippen LogP contribution in [0.15, 0.2) is 36.4 Å². The Bertz CT molecular complexity index is 639. The molecule has 21 heavy (non-hydrogen) atoms. The van der Waals surface area contributed by atoms with E-state index in [4.69, 9.17) is 0 Å². The van der Waals surface area contributed by atoms with Crippen molar-refractivity contribution in [2.45, 2.75) is 26.2 Å². The molecule has 0 bridgehead atoms. The van der Waals surface area contributed by atoms with Crippen LogP contribution in [0.25, 0.3) is 0 Å². The average Bonchev–Trinajstić information content (AvgIpc) is 2.45. The Balaban J connectivity index is 2.37. The number of hydrogen-bond donors (Lipinski definition) is 0. The second-order valence-corrected chi connectivity index (χ2v) is 5.00. The molecule has 0 heterocycles. The van der Waals surface area contributed by atoms with Gasteiger partial charge in [0.05, 0.1) is 5.56 Å². The van der Waals surface area contributed by atoms with Crippen molar-refractivity contribution in [1.82, 2.24) is 0 Å². The Morgan fingerprint density at radius 1 is 1.05 bits per heavy atom. The van der Waals surface area contributed by atoms with Crippen LogP contribution in [0.3, 0.4) is 0 Å². The molecule has 2 aromatic rings. The summed E-state index contributed by atoms with van der Waals surface area (Å²) in [6, 6.07) is 7.60. The predicted molar refractivity (Wildman–Crippen MR) is 74.9 cm³/mol. The van der Waals surface area contributed by atoms with Crippen molar-refractivity contribution in [3.05, 3.63) is 70.5 Å². The molecule has 1 nitrogen and oxygen atoms in total. The first-order chi connectivity index (χ1) is 9.93. The van der Waals surface area contributed by atoms with Gasteiger partial charge in [0.2, 0.25) is 0 Å². The maximum absolute atomic E-state index is 13.6. The van der Waals surface area contributed by atoms with Gasteiger partial charge in [0.15, 0.2) is 5.78 Å². The van der Waals surface area contributed by atoms with E-state index >= 15 is 0 Å². The van der Waals surface area contributed by atoms with Crippen LogP contribution in [0.4, 0.5) is 13.2 Å². The molecule has 0 amide bonds. The van der Waals surface area contributed by atoms with Crippen LogP contribution in [0.2, 0.25) is 0 Å². The summed E-state index contributed by atoms with van der Waals surface area (Å²) in [6.45, 7) is 4.10. The average molecular weight is 292 g/mol. The molecule has 1 unspecified atom stereocenters. The van der Waals surface area contributed by atoms with E-state index < -0.39 is 28.8 Å². The molecule has 1 atom stereocenters. The number of carbonyl (C=O) groups is 1. The molecule has 2 rings (SSSR count). The highest BCUT2D eigenvalue weighted by molar-refractivity contribution is 6.09. The lowest BCUT2D eigenvalue weighted by molar-refractivity contribution is 0.103. The van der Waals surface area contributed by atoms with E-state index in [2.05, 4.69) is 6.92 Å². The van der Waals surface area contributed by atoms with E-state index in [0.717, 1.165) is 12.0 Å². The molecule has 0 aliphatic heterocycles. The first-order valence-corrected chi connectivity index (χ1v) is 6.73. The molecular formula is C17H15F3O. The van der Waals surface area contributed by atoms with Crippen molar-refractivity contribution in [3.63, 3.8) is 0 Å². The quantitative estimate of drug-likeness (QED) is 0.736. The Morgan fingerprint density at radius 2 is 1.57 bits per heavy atom. The van der Waals surface area contributed by atoms with Crippen molar-refractivity contribution in [2.24, 2.45) is 0 Å². The third kappa shape index (κ3) is 3.15. The Labute approximate surface area is 121 Å². The van der Waals surface area contributed by atoms with Gasteiger partial charge in [-0.3, -0.25) is 4.79 Å². The van der Waals surface area contributed by atoms with Crippen LogP contribution < -0.4 is 0 Å². The molecular weight excluding hydrogens is 277 g/mol. The highest BCUT2D eigenvalue weighted by atomic mass is 19.1. The number of benzene rings is 2. The van der Waals surface area contributed by atoms with E-state index in [1.165, 1.54) is 12.1 Å². The largest absolute Gasteiger partial charge is 0.288 e. The summed E-state index contributed by atoms with van der Waals surface area (Å²) in [7, 11) is 0. The van der Waals surface area contributed by atoms with Crippen LogP contribution in [0.1, 0.15) is 47.7 Å². The topological polar surface area (TPSA) is 17.1 Å². The van der Waals surface area contributed by atoms with Crippen molar-refractivity contribution >= 4 is 5.78 Å². The summed E-state index contributed by atoms with van der Waals surface area (Å²) < 4.78 is 40.1.